The zero-order chi connectivity index (χ0) is 18.6. The normalized spacial score (nSPS) is 17.3. The van der Waals surface area contributed by atoms with Crippen LogP contribution in [0.4, 0.5) is 0 Å². The fourth-order valence-corrected chi connectivity index (χ4v) is 3.07. The largest absolute Gasteiger partial charge is 0.550 e. The average molecular weight is 344 g/mol. The Morgan fingerprint density at radius 3 is 2.36 bits per heavy atom. The average Bonchev–Trinajstić information content (AvgIpc) is 2.80. The molecule has 0 aromatic heterocycles. The number of unbranched alkanes of at least 4 members (excludes halogenated alkanes) is 2. The molecule has 134 valence electrons. The zero-order valence-electron chi connectivity index (χ0n) is 14.4. The molecule has 1 aromatic carbocycles. The molecular formula is C19H22NO5-. The number of hydrogen-bond donors (Lipinski definition) is 1. The lowest BCUT2D eigenvalue weighted by Crippen LogP contribution is -2.32. The number of amides is 1. The molecule has 0 spiro atoms. The van der Waals surface area contributed by atoms with E-state index in [2.05, 4.69) is 0 Å². The van der Waals surface area contributed by atoms with E-state index in [9.17, 15) is 24.6 Å². The maximum atomic E-state index is 12.4. The minimum Gasteiger partial charge on any atom is -0.550 e. The number of aliphatic hydroxyl groups is 1. The van der Waals surface area contributed by atoms with Gasteiger partial charge in [-0.3, -0.25) is 9.59 Å². The third kappa shape index (κ3) is 4.26. The molecule has 6 heteroatoms. The van der Waals surface area contributed by atoms with Crippen molar-refractivity contribution >= 4 is 17.7 Å². The minimum absolute atomic E-state index is 0.0163. The van der Waals surface area contributed by atoms with Gasteiger partial charge in [0.15, 0.2) is 11.5 Å². The molecule has 0 fully saturated rings. The summed E-state index contributed by atoms with van der Waals surface area (Å²) >= 11 is 0. The monoisotopic (exact) mass is 344 g/mol. The van der Waals surface area contributed by atoms with Crippen LogP contribution in [0.2, 0.25) is 0 Å². The second-order valence-electron chi connectivity index (χ2n) is 6.31. The van der Waals surface area contributed by atoms with Crippen molar-refractivity contribution in [2.75, 3.05) is 6.54 Å². The summed E-state index contributed by atoms with van der Waals surface area (Å²) in [6, 6.07) is 6.87. The Balaban J connectivity index is 2.19. The van der Waals surface area contributed by atoms with Gasteiger partial charge in [0.05, 0.1) is 11.6 Å². The summed E-state index contributed by atoms with van der Waals surface area (Å²) < 4.78 is 0. The smallest absolute Gasteiger partial charge is 0.290 e. The van der Waals surface area contributed by atoms with E-state index in [1.807, 2.05) is 31.2 Å². The van der Waals surface area contributed by atoms with E-state index in [1.54, 1.807) is 0 Å². The lowest BCUT2D eigenvalue weighted by molar-refractivity contribution is -0.305. The molecule has 6 nitrogen and oxygen atoms in total. The van der Waals surface area contributed by atoms with Crippen molar-refractivity contribution in [2.45, 2.75) is 45.6 Å². The molecular weight excluding hydrogens is 322 g/mol. The number of Topliss-reactive ketones (excluding diaryl/α,β-unsaturated/α-hetero) is 1. The Morgan fingerprint density at radius 1 is 1.16 bits per heavy atom. The number of aliphatic hydroxyl groups excluding tert-OH is 1. The van der Waals surface area contributed by atoms with Gasteiger partial charge in [-0.25, -0.2) is 0 Å². The highest BCUT2D eigenvalue weighted by atomic mass is 16.4. The van der Waals surface area contributed by atoms with Crippen LogP contribution >= 0.6 is 0 Å². The third-order valence-corrected chi connectivity index (χ3v) is 4.36. The van der Waals surface area contributed by atoms with Crippen molar-refractivity contribution in [1.29, 1.82) is 0 Å². The standard InChI is InChI=1S/C19H23NO5/c1-12-7-9-14(10-8-12)17-16(13(2)21)18(24)19(25)20(17)11-5-3-4-6-15(22)23/h7-10,17,24H,3-6,11H2,1-2H3,(H,22,23)/p-1/t17-/m1/s1. The quantitative estimate of drug-likeness (QED) is 0.722. The van der Waals surface area contributed by atoms with Crippen molar-refractivity contribution in [3.05, 3.63) is 46.7 Å². The number of rotatable bonds is 8. The lowest BCUT2D eigenvalue weighted by atomic mass is 9.96. The highest BCUT2D eigenvalue weighted by Crippen LogP contribution is 2.37. The predicted octanol–water partition coefficient (Wildman–Crippen LogP) is 1.59. The predicted molar refractivity (Wildman–Crippen MR) is 89.4 cm³/mol. The van der Waals surface area contributed by atoms with Gasteiger partial charge >= 0.3 is 0 Å². The van der Waals surface area contributed by atoms with Gasteiger partial charge in [0.25, 0.3) is 5.91 Å². The fraction of sp³-hybridized carbons (Fsp3) is 0.421. The van der Waals surface area contributed by atoms with Crippen LogP contribution in [0.5, 0.6) is 0 Å². The zero-order valence-corrected chi connectivity index (χ0v) is 14.4. The summed E-state index contributed by atoms with van der Waals surface area (Å²) in [5.41, 5.74) is 1.94. The molecule has 0 saturated carbocycles. The van der Waals surface area contributed by atoms with Gasteiger partial charge in [-0.2, -0.15) is 0 Å². The van der Waals surface area contributed by atoms with E-state index in [-0.39, 0.29) is 17.8 Å². The molecule has 0 unspecified atom stereocenters. The van der Waals surface area contributed by atoms with Crippen molar-refractivity contribution in [1.82, 2.24) is 4.90 Å². The fourth-order valence-electron chi connectivity index (χ4n) is 3.07. The summed E-state index contributed by atoms with van der Waals surface area (Å²) in [4.78, 5) is 36.3. The minimum atomic E-state index is -1.09. The molecule has 0 bridgehead atoms. The first kappa shape index (κ1) is 18.7. The highest BCUT2D eigenvalue weighted by Gasteiger charge is 2.41. The summed E-state index contributed by atoms with van der Waals surface area (Å²) in [5, 5.41) is 20.6. The lowest BCUT2D eigenvalue weighted by Gasteiger charge is -2.26. The SMILES string of the molecule is CC(=O)C1=C(O)C(=O)N(CCCCCC(=O)[O-])[C@@H]1c1ccc(C)cc1. The van der Waals surface area contributed by atoms with Gasteiger partial charge in [-0.1, -0.05) is 36.2 Å². The molecule has 1 aromatic rings. The van der Waals surface area contributed by atoms with Crippen LogP contribution < -0.4 is 5.11 Å². The highest BCUT2D eigenvalue weighted by molar-refractivity contribution is 6.08. The molecule has 1 heterocycles. The number of carbonyl (C=O) groups is 3. The van der Waals surface area contributed by atoms with Crippen LogP contribution in [-0.4, -0.2) is 34.2 Å². The maximum absolute atomic E-state index is 12.4. The van der Waals surface area contributed by atoms with Gasteiger partial charge in [-0.15, -0.1) is 0 Å². The van der Waals surface area contributed by atoms with Crippen molar-refractivity contribution in [2.24, 2.45) is 0 Å². The molecule has 1 aliphatic rings. The molecule has 0 radical (unpaired) electrons. The number of aryl methyl sites for hydroxylation is 1. The molecule has 2 rings (SSSR count). The topological polar surface area (TPSA) is 97.7 Å². The maximum Gasteiger partial charge on any atom is 0.290 e. The number of nitrogens with zero attached hydrogens (tertiary/aromatic N) is 1. The Bertz CT molecular complexity index is 705. The van der Waals surface area contributed by atoms with E-state index in [0.29, 0.717) is 25.8 Å². The van der Waals surface area contributed by atoms with Crippen LogP contribution in [0.15, 0.2) is 35.6 Å². The molecule has 25 heavy (non-hydrogen) atoms. The second kappa shape index (κ2) is 7.96. The first-order valence-corrected chi connectivity index (χ1v) is 8.34. The number of hydrogen-bond acceptors (Lipinski definition) is 5. The van der Waals surface area contributed by atoms with Crippen LogP contribution in [0.25, 0.3) is 0 Å². The summed E-state index contributed by atoms with van der Waals surface area (Å²) in [5.74, 6) is -2.48. The van der Waals surface area contributed by atoms with Gasteiger partial charge in [0, 0.05) is 12.5 Å². The Morgan fingerprint density at radius 2 is 1.80 bits per heavy atom. The second-order valence-corrected chi connectivity index (χ2v) is 6.31. The van der Waals surface area contributed by atoms with Crippen LogP contribution in [0, 0.1) is 6.92 Å². The molecule has 1 N–H and O–H groups in total. The van der Waals surface area contributed by atoms with E-state index in [0.717, 1.165) is 11.1 Å². The molecule has 0 aliphatic carbocycles. The summed E-state index contributed by atoms with van der Waals surface area (Å²) in [7, 11) is 0. The first-order chi connectivity index (χ1) is 11.8. The molecule has 1 aliphatic heterocycles. The van der Waals surface area contributed by atoms with E-state index in [4.69, 9.17) is 0 Å². The van der Waals surface area contributed by atoms with Gasteiger partial charge < -0.3 is 19.9 Å². The third-order valence-electron chi connectivity index (χ3n) is 4.36. The number of carboxylic acid groups (broad SMARTS) is 1. The van der Waals surface area contributed by atoms with Crippen molar-refractivity contribution in [3.8, 4) is 0 Å². The summed E-state index contributed by atoms with van der Waals surface area (Å²) in [6.45, 7) is 3.62. The Kier molecular flexibility index (Phi) is 5.96. The van der Waals surface area contributed by atoms with Gasteiger partial charge in [0.2, 0.25) is 0 Å². The van der Waals surface area contributed by atoms with E-state index >= 15 is 0 Å². The number of aliphatic carboxylic acids is 1. The Hall–Kier alpha value is -2.63. The van der Waals surface area contributed by atoms with E-state index in [1.165, 1.54) is 11.8 Å². The Labute approximate surface area is 146 Å². The number of carbonyl (C=O) groups excluding carboxylic acids is 3. The van der Waals surface area contributed by atoms with Gasteiger partial charge in [-0.05, 0) is 38.7 Å². The van der Waals surface area contributed by atoms with Gasteiger partial charge in [0.1, 0.15) is 0 Å². The number of ketones is 1. The molecule has 1 atom stereocenters. The van der Waals surface area contributed by atoms with E-state index < -0.39 is 23.7 Å². The van der Waals surface area contributed by atoms with Crippen LogP contribution in [0.3, 0.4) is 0 Å². The van der Waals surface area contributed by atoms with Crippen molar-refractivity contribution < 1.29 is 24.6 Å². The number of carboxylic acids is 1. The summed E-state index contributed by atoms with van der Waals surface area (Å²) in [6.07, 6.45) is 1.66. The number of benzene rings is 1. The first-order valence-electron chi connectivity index (χ1n) is 8.34. The van der Waals surface area contributed by atoms with Crippen LogP contribution in [-0.2, 0) is 14.4 Å². The van der Waals surface area contributed by atoms with Crippen LogP contribution in [0.1, 0.15) is 49.8 Å². The molecule has 1 amide bonds. The van der Waals surface area contributed by atoms with Crippen molar-refractivity contribution in [3.63, 3.8) is 0 Å². The molecule has 0 saturated heterocycles.